The fourth-order valence-corrected chi connectivity index (χ4v) is 1.90. The largest absolute Gasteiger partial charge is 0.330 e. The summed E-state index contributed by atoms with van der Waals surface area (Å²) in [6.45, 7) is 6.36. The third-order valence-electron chi connectivity index (χ3n) is 2.64. The van der Waals surface area contributed by atoms with Gasteiger partial charge in [-0.05, 0) is 30.9 Å². The fraction of sp³-hybridized carbons (Fsp3) is 0.538. The molecule has 0 aliphatic heterocycles. The molecule has 0 saturated heterocycles. The second-order valence-electron chi connectivity index (χ2n) is 4.90. The molecule has 3 N–H and O–H groups in total. The number of carbonyl (C=O) groups excluding carboxylic acids is 1. The Morgan fingerprint density at radius 2 is 2.22 bits per heavy atom. The summed E-state index contributed by atoms with van der Waals surface area (Å²) in [6, 6.07) is 1.80. The Hall–Kier alpha value is -1.13. The van der Waals surface area contributed by atoms with Gasteiger partial charge < -0.3 is 11.1 Å². The predicted octanol–water partition coefficient (Wildman–Crippen LogP) is 2.60. The summed E-state index contributed by atoms with van der Waals surface area (Å²) in [6.07, 6.45) is 2.42. The molecule has 0 fully saturated rings. The molecule has 0 aromatic carbocycles. The van der Waals surface area contributed by atoms with Crippen LogP contribution >= 0.6 is 11.6 Å². The lowest BCUT2D eigenvalue weighted by molar-refractivity contribution is -0.120. The first-order chi connectivity index (χ1) is 8.43. The van der Waals surface area contributed by atoms with Crippen molar-refractivity contribution in [2.75, 3.05) is 11.9 Å². The molecule has 0 aliphatic rings. The van der Waals surface area contributed by atoms with Crippen LogP contribution in [0.2, 0.25) is 5.15 Å². The average molecular weight is 270 g/mol. The van der Waals surface area contributed by atoms with Gasteiger partial charge in [0.15, 0.2) is 5.15 Å². The summed E-state index contributed by atoms with van der Waals surface area (Å²) in [5.74, 6) is 0.137. The lowest BCUT2D eigenvalue weighted by Crippen LogP contribution is -2.30. The molecular weight excluding hydrogens is 250 g/mol. The first kappa shape index (κ1) is 14.9. The van der Waals surface area contributed by atoms with Gasteiger partial charge in [0.25, 0.3) is 0 Å². The maximum absolute atomic E-state index is 12.1. The molecule has 1 heterocycles. The minimum atomic E-state index is -0.193. The van der Waals surface area contributed by atoms with Gasteiger partial charge in [0, 0.05) is 12.7 Å². The number of nitrogens with one attached hydrogen (secondary N) is 1. The van der Waals surface area contributed by atoms with Crippen molar-refractivity contribution in [1.29, 1.82) is 0 Å². The topological polar surface area (TPSA) is 68.0 Å². The third-order valence-corrected chi connectivity index (χ3v) is 2.95. The van der Waals surface area contributed by atoms with Crippen LogP contribution in [0.1, 0.15) is 25.8 Å². The number of halogens is 1. The van der Waals surface area contributed by atoms with E-state index in [-0.39, 0.29) is 11.8 Å². The molecule has 1 rings (SSSR count). The number of aryl methyl sites for hydroxylation is 1. The number of carbonyl (C=O) groups is 1. The van der Waals surface area contributed by atoms with Gasteiger partial charge in [-0.1, -0.05) is 25.4 Å². The second-order valence-corrected chi connectivity index (χ2v) is 5.26. The van der Waals surface area contributed by atoms with Crippen molar-refractivity contribution < 1.29 is 4.79 Å². The van der Waals surface area contributed by atoms with Crippen LogP contribution in [0.5, 0.6) is 0 Å². The van der Waals surface area contributed by atoms with E-state index in [4.69, 9.17) is 17.3 Å². The van der Waals surface area contributed by atoms with Crippen molar-refractivity contribution in [2.45, 2.75) is 27.2 Å². The van der Waals surface area contributed by atoms with Crippen LogP contribution in [0.15, 0.2) is 12.3 Å². The van der Waals surface area contributed by atoms with Crippen LogP contribution < -0.4 is 11.1 Å². The number of amides is 1. The molecule has 0 bridgehead atoms. The first-order valence-electron chi connectivity index (χ1n) is 6.07. The van der Waals surface area contributed by atoms with Gasteiger partial charge in [0.05, 0.1) is 11.6 Å². The van der Waals surface area contributed by atoms with Gasteiger partial charge in [-0.15, -0.1) is 0 Å². The smallest absolute Gasteiger partial charge is 0.228 e. The van der Waals surface area contributed by atoms with Crippen LogP contribution in [0, 0.1) is 18.8 Å². The Morgan fingerprint density at radius 3 is 2.78 bits per heavy atom. The standard InChI is InChI=1S/C13H20ClN3O/c1-8(2)4-10(6-15)13(18)17-11-5-9(3)7-16-12(11)14/h5,7-8,10H,4,6,15H2,1-3H3,(H,17,18). The molecular formula is C13H20ClN3O. The summed E-state index contributed by atoms with van der Waals surface area (Å²) in [5.41, 5.74) is 7.13. The van der Waals surface area contributed by atoms with Gasteiger partial charge in [-0.3, -0.25) is 4.79 Å². The number of anilines is 1. The molecule has 1 unspecified atom stereocenters. The number of nitrogens with two attached hydrogens (primary N) is 1. The number of pyridine rings is 1. The van der Waals surface area contributed by atoms with E-state index in [0.29, 0.717) is 23.3 Å². The van der Waals surface area contributed by atoms with E-state index in [1.54, 1.807) is 12.3 Å². The Bertz CT molecular complexity index is 421. The summed E-state index contributed by atoms with van der Waals surface area (Å²) < 4.78 is 0. The number of rotatable bonds is 5. The van der Waals surface area contributed by atoms with E-state index in [1.807, 2.05) is 6.92 Å². The van der Waals surface area contributed by atoms with Gasteiger partial charge >= 0.3 is 0 Å². The highest BCUT2D eigenvalue weighted by Crippen LogP contribution is 2.21. The van der Waals surface area contributed by atoms with Crippen LogP contribution in [-0.4, -0.2) is 17.4 Å². The highest BCUT2D eigenvalue weighted by atomic mass is 35.5. The summed E-state index contributed by atoms with van der Waals surface area (Å²) >= 11 is 5.94. The van der Waals surface area contributed by atoms with E-state index >= 15 is 0 Å². The summed E-state index contributed by atoms with van der Waals surface area (Å²) in [5, 5.41) is 3.09. The number of nitrogens with zero attached hydrogens (tertiary/aromatic N) is 1. The molecule has 5 heteroatoms. The Morgan fingerprint density at radius 1 is 1.56 bits per heavy atom. The Balaban J connectivity index is 2.76. The fourth-order valence-electron chi connectivity index (χ4n) is 1.75. The number of aromatic nitrogens is 1. The SMILES string of the molecule is Cc1cnc(Cl)c(NC(=O)C(CN)CC(C)C)c1. The molecule has 4 nitrogen and oxygen atoms in total. The Kier molecular flexibility index (Phi) is 5.56. The Labute approximate surface area is 113 Å². The van der Waals surface area contributed by atoms with Crippen molar-refractivity contribution in [3.63, 3.8) is 0 Å². The van der Waals surface area contributed by atoms with E-state index in [0.717, 1.165) is 12.0 Å². The number of hydrogen-bond acceptors (Lipinski definition) is 3. The molecule has 0 aliphatic carbocycles. The molecule has 0 saturated carbocycles. The van der Waals surface area contributed by atoms with Gasteiger partial charge in [-0.25, -0.2) is 4.98 Å². The van der Waals surface area contributed by atoms with Gasteiger partial charge in [0.2, 0.25) is 5.91 Å². The highest BCUT2D eigenvalue weighted by Gasteiger charge is 2.19. The van der Waals surface area contributed by atoms with Crippen LogP contribution in [0.4, 0.5) is 5.69 Å². The van der Waals surface area contributed by atoms with Crippen LogP contribution in [0.3, 0.4) is 0 Å². The quantitative estimate of drug-likeness (QED) is 0.808. The lowest BCUT2D eigenvalue weighted by atomic mass is 9.96. The molecule has 100 valence electrons. The summed E-state index contributed by atoms with van der Waals surface area (Å²) in [4.78, 5) is 16.1. The zero-order valence-electron chi connectivity index (χ0n) is 11.0. The monoisotopic (exact) mass is 269 g/mol. The molecule has 1 amide bonds. The molecule has 1 atom stereocenters. The molecule has 1 aromatic rings. The normalized spacial score (nSPS) is 12.6. The lowest BCUT2D eigenvalue weighted by Gasteiger charge is -2.17. The highest BCUT2D eigenvalue weighted by molar-refractivity contribution is 6.32. The van der Waals surface area contributed by atoms with Crippen molar-refractivity contribution in [3.05, 3.63) is 23.0 Å². The van der Waals surface area contributed by atoms with Crippen molar-refractivity contribution in [2.24, 2.45) is 17.6 Å². The zero-order valence-corrected chi connectivity index (χ0v) is 11.8. The maximum Gasteiger partial charge on any atom is 0.228 e. The summed E-state index contributed by atoms with van der Waals surface area (Å²) in [7, 11) is 0. The minimum Gasteiger partial charge on any atom is -0.330 e. The van der Waals surface area contributed by atoms with Crippen LogP contribution in [0.25, 0.3) is 0 Å². The van der Waals surface area contributed by atoms with Crippen molar-refractivity contribution in [3.8, 4) is 0 Å². The van der Waals surface area contributed by atoms with Crippen LogP contribution in [-0.2, 0) is 4.79 Å². The number of hydrogen-bond donors (Lipinski definition) is 2. The maximum atomic E-state index is 12.1. The van der Waals surface area contributed by atoms with Gasteiger partial charge in [0.1, 0.15) is 0 Å². The molecule has 0 spiro atoms. The van der Waals surface area contributed by atoms with Crippen molar-refractivity contribution >= 4 is 23.2 Å². The third kappa shape index (κ3) is 4.27. The van der Waals surface area contributed by atoms with E-state index in [9.17, 15) is 4.79 Å². The van der Waals surface area contributed by atoms with E-state index in [1.165, 1.54) is 0 Å². The zero-order chi connectivity index (χ0) is 13.7. The second kappa shape index (κ2) is 6.71. The first-order valence-corrected chi connectivity index (χ1v) is 6.45. The minimum absolute atomic E-state index is 0.0968. The van der Waals surface area contributed by atoms with Crippen molar-refractivity contribution in [1.82, 2.24) is 4.98 Å². The molecule has 0 radical (unpaired) electrons. The van der Waals surface area contributed by atoms with Gasteiger partial charge in [-0.2, -0.15) is 0 Å². The van der Waals surface area contributed by atoms with E-state index in [2.05, 4.69) is 24.1 Å². The molecule has 1 aromatic heterocycles. The molecule has 18 heavy (non-hydrogen) atoms. The predicted molar refractivity (Wildman–Crippen MR) is 74.6 cm³/mol. The average Bonchev–Trinajstić information content (AvgIpc) is 2.30. The van der Waals surface area contributed by atoms with E-state index < -0.39 is 0 Å².